The van der Waals surface area contributed by atoms with Gasteiger partial charge in [-0.3, -0.25) is 14.4 Å². The minimum Gasteiger partial charge on any atom is -0.462 e. The van der Waals surface area contributed by atoms with Crippen molar-refractivity contribution in [1.82, 2.24) is 0 Å². The van der Waals surface area contributed by atoms with Gasteiger partial charge in [0.25, 0.3) is 0 Å². The Morgan fingerprint density at radius 2 is 0.526 bits per heavy atom. The zero-order valence-electron chi connectivity index (χ0n) is 49.7. The van der Waals surface area contributed by atoms with Crippen molar-refractivity contribution in [3.63, 3.8) is 0 Å². The van der Waals surface area contributed by atoms with Crippen LogP contribution in [0.2, 0.25) is 0 Å². The molecule has 0 N–H and O–H groups in total. The monoisotopic (exact) mass is 1050 g/mol. The molecule has 0 aliphatic rings. The zero-order chi connectivity index (χ0) is 55.0. The molecule has 0 aromatic carbocycles. The molecule has 0 heterocycles. The molecule has 0 bridgehead atoms. The number of carbonyl (C=O) groups is 3. The molecule has 0 aromatic heterocycles. The van der Waals surface area contributed by atoms with E-state index in [4.69, 9.17) is 14.2 Å². The van der Waals surface area contributed by atoms with E-state index in [-0.39, 0.29) is 37.5 Å². The van der Waals surface area contributed by atoms with Crippen molar-refractivity contribution in [3.8, 4) is 0 Å². The molecule has 0 aliphatic carbocycles. The van der Waals surface area contributed by atoms with E-state index in [1.54, 1.807) is 0 Å². The molecule has 0 aliphatic heterocycles. The lowest BCUT2D eigenvalue weighted by Gasteiger charge is -2.18. The summed E-state index contributed by atoms with van der Waals surface area (Å²) in [5.74, 6) is -0.954. The minimum atomic E-state index is -0.810. The maximum absolute atomic E-state index is 12.9. The fraction of sp³-hybridized carbons (Fsp3) is 0.700. The van der Waals surface area contributed by atoms with Crippen LogP contribution in [-0.2, 0) is 28.6 Å². The van der Waals surface area contributed by atoms with Crippen molar-refractivity contribution in [2.45, 2.75) is 303 Å². The molecule has 76 heavy (non-hydrogen) atoms. The summed E-state index contributed by atoms with van der Waals surface area (Å²) < 4.78 is 16.9. The summed E-state index contributed by atoms with van der Waals surface area (Å²) in [6.07, 6.45) is 86.7. The molecular weight excluding hydrogens is 937 g/mol. The maximum Gasteiger partial charge on any atom is 0.306 e. The summed E-state index contributed by atoms with van der Waals surface area (Å²) >= 11 is 0. The van der Waals surface area contributed by atoms with Crippen molar-refractivity contribution in [1.29, 1.82) is 0 Å². The predicted octanol–water partition coefficient (Wildman–Crippen LogP) is 21.8. The normalized spacial score (nSPS) is 12.8. The van der Waals surface area contributed by atoms with Crippen LogP contribution in [0.3, 0.4) is 0 Å². The average molecular weight is 1060 g/mol. The second-order valence-corrected chi connectivity index (χ2v) is 20.9. The van der Waals surface area contributed by atoms with Gasteiger partial charge in [0.1, 0.15) is 13.2 Å². The first-order valence-electron chi connectivity index (χ1n) is 31.9. The summed E-state index contributed by atoms with van der Waals surface area (Å²) in [7, 11) is 0. The number of allylic oxidation sites excluding steroid dienone is 18. The zero-order valence-corrected chi connectivity index (χ0v) is 49.7. The van der Waals surface area contributed by atoms with Crippen LogP contribution in [0.1, 0.15) is 297 Å². The standard InChI is InChI=1S/C70H118O6/c1-4-7-10-13-16-19-22-25-28-30-32-34-35-37-38-40-42-45-48-51-54-57-60-63-69(72)75-66-67(65-74-68(71)62-59-56-53-50-47-44-27-24-21-18-15-12-9-6-3)76-70(73)64-61-58-55-52-49-46-43-41-39-36-33-31-29-26-23-20-17-14-11-8-5-2/h8,11,15,17-18,20,24,26-27,29-30,32-33,36,41,43,49,52,67H,4-7,9-10,12-14,16,19,21-23,25,28,31,34-35,37-40,42,44-48,50-51,53-66H2,1-3H3/b11-8-,18-15-,20-17-,27-24-,29-26-,32-30-,36-33-,43-41-,52-49-. The molecule has 0 saturated carbocycles. The highest BCUT2D eigenvalue weighted by Crippen LogP contribution is 2.15. The predicted molar refractivity (Wildman–Crippen MR) is 330 cm³/mol. The van der Waals surface area contributed by atoms with Crippen LogP contribution in [0, 0.1) is 0 Å². The Morgan fingerprint density at radius 1 is 0.276 bits per heavy atom. The van der Waals surface area contributed by atoms with E-state index in [2.05, 4.69) is 130 Å². The smallest absolute Gasteiger partial charge is 0.306 e. The van der Waals surface area contributed by atoms with E-state index in [0.29, 0.717) is 19.3 Å². The molecule has 0 saturated heterocycles. The Bertz CT molecular complexity index is 1540. The second-order valence-electron chi connectivity index (χ2n) is 20.9. The van der Waals surface area contributed by atoms with Crippen LogP contribution in [-0.4, -0.2) is 37.2 Å². The van der Waals surface area contributed by atoms with Crippen molar-refractivity contribution < 1.29 is 28.6 Å². The van der Waals surface area contributed by atoms with E-state index in [9.17, 15) is 14.4 Å². The summed E-state index contributed by atoms with van der Waals surface area (Å²) in [4.78, 5) is 38.3. The Kier molecular flexibility index (Phi) is 60.3. The maximum atomic E-state index is 12.9. The molecule has 434 valence electrons. The van der Waals surface area contributed by atoms with Gasteiger partial charge in [-0.2, -0.15) is 0 Å². The third kappa shape index (κ3) is 60.9. The molecule has 6 nitrogen and oxygen atoms in total. The van der Waals surface area contributed by atoms with Crippen LogP contribution in [0.15, 0.2) is 109 Å². The fourth-order valence-corrected chi connectivity index (χ4v) is 8.69. The van der Waals surface area contributed by atoms with Crippen molar-refractivity contribution in [2.75, 3.05) is 13.2 Å². The third-order valence-corrected chi connectivity index (χ3v) is 13.5. The highest BCUT2D eigenvalue weighted by atomic mass is 16.6. The minimum absolute atomic E-state index is 0.101. The average Bonchev–Trinajstić information content (AvgIpc) is 3.42. The molecule has 6 heteroatoms. The molecular formula is C70H118O6. The van der Waals surface area contributed by atoms with Crippen molar-refractivity contribution >= 4 is 17.9 Å². The Labute approximate surface area is 470 Å². The number of rotatable bonds is 57. The van der Waals surface area contributed by atoms with Crippen molar-refractivity contribution in [3.05, 3.63) is 109 Å². The molecule has 0 aromatic rings. The number of hydrogen-bond donors (Lipinski definition) is 0. The first-order valence-corrected chi connectivity index (χ1v) is 31.9. The van der Waals surface area contributed by atoms with Gasteiger partial charge in [0, 0.05) is 19.3 Å². The Hall–Kier alpha value is -3.93. The molecule has 0 fully saturated rings. The van der Waals surface area contributed by atoms with Gasteiger partial charge in [-0.05, 0) is 122 Å². The number of unbranched alkanes of at least 4 members (excludes halogenated alkanes) is 28. The van der Waals surface area contributed by atoms with Crippen LogP contribution < -0.4 is 0 Å². The van der Waals surface area contributed by atoms with Crippen LogP contribution >= 0.6 is 0 Å². The molecule has 1 atom stereocenters. The first-order chi connectivity index (χ1) is 37.5. The number of hydrogen-bond acceptors (Lipinski definition) is 6. The van der Waals surface area contributed by atoms with Gasteiger partial charge >= 0.3 is 17.9 Å². The van der Waals surface area contributed by atoms with Crippen molar-refractivity contribution in [2.24, 2.45) is 0 Å². The largest absolute Gasteiger partial charge is 0.462 e. The summed E-state index contributed by atoms with van der Waals surface area (Å²) in [6.45, 7) is 6.46. The molecule has 1 unspecified atom stereocenters. The van der Waals surface area contributed by atoms with Gasteiger partial charge in [0.15, 0.2) is 6.10 Å². The summed E-state index contributed by atoms with van der Waals surface area (Å²) in [5.41, 5.74) is 0. The van der Waals surface area contributed by atoms with E-state index in [1.807, 2.05) is 0 Å². The molecule has 0 rings (SSSR count). The Morgan fingerprint density at radius 3 is 0.882 bits per heavy atom. The van der Waals surface area contributed by atoms with Gasteiger partial charge in [0.05, 0.1) is 0 Å². The van der Waals surface area contributed by atoms with Gasteiger partial charge in [0.2, 0.25) is 0 Å². The first kappa shape index (κ1) is 72.1. The lowest BCUT2D eigenvalue weighted by molar-refractivity contribution is -0.167. The van der Waals surface area contributed by atoms with Gasteiger partial charge in [-0.1, -0.05) is 265 Å². The topological polar surface area (TPSA) is 78.9 Å². The van der Waals surface area contributed by atoms with Gasteiger partial charge in [-0.25, -0.2) is 0 Å². The summed E-state index contributed by atoms with van der Waals surface area (Å²) in [6, 6.07) is 0. The van der Waals surface area contributed by atoms with Crippen LogP contribution in [0.4, 0.5) is 0 Å². The highest BCUT2D eigenvalue weighted by molar-refractivity contribution is 5.71. The SMILES string of the molecule is CC/C=C\C/C=C\C/C=C\C/C=C\C/C=C\C/C=C\CCCCC(=O)OC(COC(=O)CCCCCCC/C=C\C/C=C\CCCC)COC(=O)CCCCCCCCCCCCC/C=C\CCCCCCCCCC. The lowest BCUT2D eigenvalue weighted by Crippen LogP contribution is -2.30. The lowest BCUT2D eigenvalue weighted by atomic mass is 10.0. The van der Waals surface area contributed by atoms with E-state index in [1.165, 1.54) is 135 Å². The van der Waals surface area contributed by atoms with Crippen LogP contribution in [0.5, 0.6) is 0 Å². The van der Waals surface area contributed by atoms with Crippen LogP contribution in [0.25, 0.3) is 0 Å². The number of carbonyl (C=O) groups excluding carboxylic acids is 3. The van der Waals surface area contributed by atoms with E-state index in [0.717, 1.165) is 116 Å². The fourth-order valence-electron chi connectivity index (χ4n) is 8.69. The molecule has 0 radical (unpaired) electrons. The van der Waals surface area contributed by atoms with E-state index < -0.39 is 6.10 Å². The van der Waals surface area contributed by atoms with E-state index >= 15 is 0 Å². The number of ether oxygens (including phenoxy) is 3. The van der Waals surface area contributed by atoms with Gasteiger partial charge < -0.3 is 14.2 Å². The highest BCUT2D eigenvalue weighted by Gasteiger charge is 2.19. The molecule has 0 amide bonds. The van der Waals surface area contributed by atoms with Gasteiger partial charge in [-0.15, -0.1) is 0 Å². The summed E-state index contributed by atoms with van der Waals surface area (Å²) in [5, 5.41) is 0. The number of esters is 3. The Balaban J connectivity index is 4.43. The molecule has 0 spiro atoms. The third-order valence-electron chi connectivity index (χ3n) is 13.5. The quantitative estimate of drug-likeness (QED) is 0.0261. The second kappa shape index (κ2) is 63.6.